The van der Waals surface area contributed by atoms with Gasteiger partial charge in [0.25, 0.3) is 0 Å². The van der Waals surface area contributed by atoms with Crippen LogP contribution in [0.5, 0.6) is 0 Å². The molecule has 0 unspecified atom stereocenters. The van der Waals surface area contributed by atoms with Crippen LogP contribution in [0, 0.1) is 5.92 Å². The van der Waals surface area contributed by atoms with Crippen molar-refractivity contribution in [2.75, 3.05) is 18.1 Å². The summed E-state index contributed by atoms with van der Waals surface area (Å²) < 4.78 is 27.8. The fraction of sp³-hybridized carbons (Fsp3) is 0.556. The molecular formula is C18H22O5S. The number of Topliss-reactive ketones (excluding diaryl/α,β-unsaturated/α-hetero) is 1. The van der Waals surface area contributed by atoms with Crippen LogP contribution in [0.1, 0.15) is 47.2 Å². The monoisotopic (exact) mass is 350 g/mol. The Bertz CT molecular complexity index is 751. The Morgan fingerprint density at radius 3 is 2.58 bits per heavy atom. The maximum atomic E-state index is 12.2. The number of benzene rings is 1. The summed E-state index contributed by atoms with van der Waals surface area (Å²) in [7, 11) is -3.00. The van der Waals surface area contributed by atoms with Crippen LogP contribution in [-0.4, -0.2) is 38.3 Å². The average Bonchev–Trinajstić information content (AvgIpc) is 2.90. The van der Waals surface area contributed by atoms with Crippen molar-refractivity contribution in [2.45, 2.75) is 38.5 Å². The molecule has 0 spiro atoms. The van der Waals surface area contributed by atoms with E-state index in [9.17, 15) is 18.0 Å². The number of carbonyl (C=O) groups is 2. The first kappa shape index (κ1) is 17.1. The Hall–Kier alpha value is -1.69. The van der Waals surface area contributed by atoms with E-state index in [0.29, 0.717) is 12.0 Å². The molecule has 0 saturated carbocycles. The van der Waals surface area contributed by atoms with E-state index < -0.39 is 15.8 Å². The Balaban J connectivity index is 1.51. The van der Waals surface area contributed by atoms with E-state index in [2.05, 4.69) is 0 Å². The third-order valence-electron chi connectivity index (χ3n) is 4.82. The van der Waals surface area contributed by atoms with Gasteiger partial charge in [0.2, 0.25) is 0 Å². The van der Waals surface area contributed by atoms with Gasteiger partial charge >= 0.3 is 5.97 Å². The Morgan fingerprint density at radius 1 is 1.12 bits per heavy atom. The van der Waals surface area contributed by atoms with Crippen molar-refractivity contribution < 1.29 is 22.7 Å². The molecule has 1 fully saturated rings. The lowest BCUT2D eigenvalue weighted by molar-refractivity contribution is -0.143. The summed E-state index contributed by atoms with van der Waals surface area (Å²) in [6.07, 6.45) is 4.95. The number of carbonyl (C=O) groups excluding carboxylic acids is 2. The molecule has 0 radical (unpaired) electrons. The standard InChI is InChI=1S/C18H22O5S/c19-17(16-6-5-14-3-1-2-4-15(14)10-16)11-23-18(20)9-13-7-8-24(21,22)12-13/h5-6,10,13H,1-4,7-9,11-12H2/t13-/m1/s1. The molecule has 0 bridgehead atoms. The van der Waals surface area contributed by atoms with Gasteiger partial charge in [0.1, 0.15) is 0 Å². The molecule has 6 heteroatoms. The van der Waals surface area contributed by atoms with Crippen molar-refractivity contribution >= 4 is 21.6 Å². The van der Waals surface area contributed by atoms with Crippen molar-refractivity contribution in [1.29, 1.82) is 0 Å². The summed E-state index contributed by atoms with van der Waals surface area (Å²) in [4.78, 5) is 24.0. The van der Waals surface area contributed by atoms with E-state index in [1.165, 1.54) is 17.5 Å². The number of hydrogen-bond donors (Lipinski definition) is 0. The zero-order valence-corrected chi connectivity index (χ0v) is 14.4. The number of sulfone groups is 1. The number of ether oxygens (including phenoxy) is 1. The second-order valence-corrected chi connectivity index (χ2v) is 8.98. The SMILES string of the molecule is O=C(C[C@H]1CCS(=O)(=O)C1)OCC(=O)c1ccc2c(c1)CCCC2. The lowest BCUT2D eigenvalue weighted by Crippen LogP contribution is -2.18. The molecule has 1 aliphatic heterocycles. The van der Waals surface area contributed by atoms with E-state index in [0.717, 1.165) is 19.3 Å². The highest BCUT2D eigenvalue weighted by Gasteiger charge is 2.30. The van der Waals surface area contributed by atoms with Crippen LogP contribution >= 0.6 is 0 Å². The number of hydrogen-bond acceptors (Lipinski definition) is 5. The highest BCUT2D eigenvalue weighted by Crippen LogP contribution is 2.23. The number of esters is 1. The molecule has 0 amide bonds. The minimum atomic E-state index is -3.00. The van der Waals surface area contributed by atoms with E-state index in [1.807, 2.05) is 12.1 Å². The summed E-state index contributed by atoms with van der Waals surface area (Å²) in [5, 5.41) is 0. The number of aryl methyl sites for hydroxylation is 2. The van der Waals surface area contributed by atoms with Gasteiger partial charge in [0, 0.05) is 12.0 Å². The van der Waals surface area contributed by atoms with Crippen molar-refractivity contribution in [2.24, 2.45) is 5.92 Å². The van der Waals surface area contributed by atoms with E-state index in [-0.39, 0.29) is 36.2 Å². The fourth-order valence-corrected chi connectivity index (χ4v) is 5.33. The van der Waals surface area contributed by atoms with Crippen LogP contribution in [0.2, 0.25) is 0 Å². The lowest BCUT2D eigenvalue weighted by atomic mass is 9.90. The van der Waals surface area contributed by atoms with E-state index in [1.54, 1.807) is 6.07 Å². The predicted octanol–water partition coefficient (Wildman–Crippen LogP) is 2.12. The molecule has 2 aliphatic rings. The molecule has 0 N–H and O–H groups in total. The van der Waals surface area contributed by atoms with Gasteiger partial charge in [-0.15, -0.1) is 0 Å². The maximum Gasteiger partial charge on any atom is 0.306 e. The molecule has 1 aromatic rings. The van der Waals surface area contributed by atoms with Gasteiger partial charge in [-0.25, -0.2) is 8.42 Å². The van der Waals surface area contributed by atoms with Gasteiger partial charge in [0.15, 0.2) is 22.2 Å². The van der Waals surface area contributed by atoms with Crippen molar-refractivity contribution in [1.82, 2.24) is 0 Å². The maximum absolute atomic E-state index is 12.2. The normalized spacial score (nSPS) is 21.9. The molecule has 1 heterocycles. The second-order valence-electron chi connectivity index (χ2n) is 6.75. The molecule has 1 aromatic carbocycles. The molecule has 1 atom stereocenters. The Morgan fingerprint density at radius 2 is 1.88 bits per heavy atom. The topological polar surface area (TPSA) is 77.5 Å². The minimum absolute atomic E-state index is 0.0425. The van der Waals surface area contributed by atoms with Crippen LogP contribution in [0.4, 0.5) is 0 Å². The summed E-state index contributed by atoms with van der Waals surface area (Å²) >= 11 is 0. The Kier molecular flexibility index (Phi) is 5.04. The summed E-state index contributed by atoms with van der Waals surface area (Å²) in [6.45, 7) is -0.281. The summed E-state index contributed by atoms with van der Waals surface area (Å²) in [5.41, 5.74) is 3.10. The number of fused-ring (bicyclic) bond motifs is 1. The summed E-state index contributed by atoms with van der Waals surface area (Å²) in [6, 6.07) is 5.70. The smallest absolute Gasteiger partial charge is 0.306 e. The third-order valence-corrected chi connectivity index (χ3v) is 6.65. The van der Waals surface area contributed by atoms with Gasteiger partial charge in [-0.3, -0.25) is 9.59 Å². The van der Waals surface area contributed by atoms with Gasteiger partial charge in [0.05, 0.1) is 11.5 Å². The first-order chi connectivity index (χ1) is 11.4. The highest BCUT2D eigenvalue weighted by molar-refractivity contribution is 7.91. The van der Waals surface area contributed by atoms with Crippen LogP contribution < -0.4 is 0 Å². The van der Waals surface area contributed by atoms with E-state index >= 15 is 0 Å². The summed E-state index contributed by atoms with van der Waals surface area (Å²) in [5.74, 6) is -0.708. The largest absolute Gasteiger partial charge is 0.457 e. The molecule has 3 rings (SSSR count). The fourth-order valence-electron chi connectivity index (χ4n) is 3.46. The molecule has 1 saturated heterocycles. The zero-order valence-electron chi connectivity index (χ0n) is 13.6. The minimum Gasteiger partial charge on any atom is -0.457 e. The van der Waals surface area contributed by atoms with E-state index in [4.69, 9.17) is 4.74 Å². The second kappa shape index (κ2) is 7.05. The first-order valence-corrected chi connectivity index (χ1v) is 10.3. The zero-order chi connectivity index (χ0) is 17.2. The molecule has 0 aromatic heterocycles. The predicted molar refractivity (Wildman–Crippen MR) is 89.8 cm³/mol. The Labute approximate surface area is 142 Å². The van der Waals surface area contributed by atoms with Gasteiger partial charge in [-0.2, -0.15) is 0 Å². The average molecular weight is 350 g/mol. The molecular weight excluding hydrogens is 328 g/mol. The molecule has 24 heavy (non-hydrogen) atoms. The van der Waals surface area contributed by atoms with Crippen LogP contribution in [0.15, 0.2) is 18.2 Å². The highest BCUT2D eigenvalue weighted by atomic mass is 32.2. The first-order valence-electron chi connectivity index (χ1n) is 8.44. The lowest BCUT2D eigenvalue weighted by Gasteiger charge is -2.16. The van der Waals surface area contributed by atoms with Crippen LogP contribution in [0.25, 0.3) is 0 Å². The molecule has 130 valence electrons. The van der Waals surface area contributed by atoms with Crippen molar-refractivity contribution in [3.8, 4) is 0 Å². The van der Waals surface area contributed by atoms with Crippen LogP contribution in [0.3, 0.4) is 0 Å². The van der Waals surface area contributed by atoms with Crippen LogP contribution in [-0.2, 0) is 32.2 Å². The third kappa shape index (κ3) is 4.23. The van der Waals surface area contributed by atoms with Crippen molar-refractivity contribution in [3.05, 3.63) is 34.9 Å². The van der Waals surface area contributed by atoms with Gasteiger partial charge in [-0.1, -0.05) is 12.1 Å². The molecule has 1 aliphatic carbocycles. The van der Waals surface area contributed by atoms with Crippen molar-refractivity contribution in [3.63, 3.8) is 0 Å². The quantitative estimate of drug-likeness (QED) is 0.600. The molecule has 5 nitrogen and oxygen atoms in total. The van der Waals surface area contributed by atoms with Gasteiger partial charge in [-0.05, 0) is 55.2 Å². The number of rotatable bonds is 5. The van der Waals surface area contributed by atoms with Gasteiger partial charge < -0.3 is 4.74 Å². The number of ketones is 1.